The lowest BCUT2D eigenvalue weighted by Crippen LogP contribution is -2.31. The van der Waals surface area contributed by atoms with Crippen molar-refractivity contribution in [1.82, 2.24) is 4.90 Å². The zero-order chi connectivity index (χ0) is 19.5. The van der Waals surface area contributed by atoms with E-state index in [1.54, 1.807) is 24.3 Å². The number of carbonyl (C=O) groups excluding carboxylic acids is 3. The van der Waals surface area contributed by atoms with Crippen molar-refractivity contribution in [3.8, 4) is 0 Å². The van der Waals surface area contributed by atoms with Gasteiger partial charge in [-0.05, 0) is 37.1 Å². The molecule has 0 saturated carbocycles. The molecule has 2 rings (SSSR count). The van der Waals surface area contributed by atoms with E-state index in [9.17, 15) is 14.4 Å². The number of methoxy groups -OCH3 is 1. The van der Waals surface area contributed by atoms with Gasteiger partial charge in [-0.3, -0.25) is 14.4 Å². The third kappa shape index (κ3) is 7.38. The van der Waals surface area contributed by atoms with Gasteiger partial charge in [-0.25, -0.2) is 0 Å². The van der Waals surface area contributed by atoms with Crippen molar-refractivity contribution in [2.45, 2.75) is 38.5 Å². The van der Waals surface area contributed by atoms with Gasteiger partial charge in [0.1, 0.15) is 6.61 Å². The van der Waals surface area contributed by atoms with Crippen LogP contribution in [0.1, 0.15) is 48.9 Å². The first-order valence-corrected chi connectivity index (χ1v) is 9.44. The summed E-state index contributed by atoms with van der Waals surface area (Å²) < 4.78 is 9.69. The highest BCUT2D eigenvalue weighted by molar-refractivity contribution is 5.96. The number of esters is 1. The summed E-state index contributed by atoms with van der Waals surface area (Å²) in [6.07, 6.45) is 4.51. The van der Waals surface area contributed by atoms with Crippen LogP contribution in [0.5, 0.6) is 0 Å². The Labute approximate surface area is 160 Å². The van der Waals surface area contributed by atoms with Crippen LogP contribution in [-0.2, 0) is 19.1 Å². The maximum atomic E-state index is 12.5. The number of nitrogens with one attached hydrogen (secondary N) is 1. The van der Waals surface area contributed by atoms with Crippen LogP contribution in [0, 0.1) is 0 Å². The molecule has 1 aromatic carbocycles. The Bertz CT molecular complexity index is 622. The predicted molar refractivity (Wildman–Crippen MR) is 102 cm³/mol. The number of ether oxygens (including phenoxy) is 2. The van der Waals surface area contributed by atoms with Crippen LogP contribution in [-0.4, -0.2) is 56.1 Å². The normalized spacial score (nSPS) is 14.3. The van der Waals surface area contributed by atoms with Gasteiger partial charge in [-0.2, -0.15) is 0 Å². The summed E-state index contributed by atoms with van der Waals surface area (Å²) in [7, 11) is 1.52. The van der Waals surface area contributed by atoms with Gasteiger partial charge >= 0.3 is 5.97 Å². The van der Waals surface area contributed by atoms with E-state index >= 15 is 0 Å². The highest BCUT2D eigenvalue weighted by atomic mass is 16.6. The Balaban J connectivity index is 1.78. The van der Waals surface area contributed by atoms with Gasteiger partial charge in [-0.1, -0.05) is 12.8 Å². The second-order valence-electron chi connectivity index (χ2n) is 6.55. The summed E-state index contributed by atoms with van der Waals surface area (Å²) in [6.45, 7) is 2.12. The average Bonchev–Trinajstić information content (AvgIpc) is 2.96. The fourth-order valence-corrected chi connectivity index (χ4v) is 2.90. The van der Waals surface area contributed by atoms with Crippen molar-refractivity contribution in [2.24, 2.45) is 0 Å². The third-order valence-corrected chi connectivity index (χ3v) is 4.42. The molecule has 7 heteroatoms. The van der Waals surface area contributed by atoms with Crippen LogP contribution in [0.4, 0.5) is 5.69 Å². The minimum atomic E-state index is -0.430. The van der Waals surface area contributed by atoms with Crippen LogP contribution in [0.3, 0.4) is 0 Å². The number of nitrogens with zero attached hydrogens (tertiary/aromatic N) is 1. The second kappa shape index (κ2) is 11.3. The van der Waals surface area contributed by atoms with E-state index in [0.29, 0.717) is 17.9 Å². The SMILES string of the molecule is COCCOC(=O)CCC(=O)Nc1ccc(C(=O)N2CCCCCC2)cc1. The molecule has 0 aromatic heterocycles. The van der Waals surface area contributed by atoms with Gasteiger partial charge in [0.25, 0.3) is 5.91 Å². The fraction of sp³-hybridized carbons (Fsp3) is 0.550. The number of hydrogen-bond donors (Lipinski definition) is 1. The number of amides is 2. The Morgan fingerprint density at radius 3 is 2.26 bits per heavy atom. The lowest BCUT2D eigenvalue weighted by atomic mass is 10.1. The van der Waals surface area contributed by atoms with E-state index in [1.165, 1.54) is 20.0 Å². The van der Waals surface area contributed by atoms with Crippen molar-refractivity contribution in [1.29, 1.82) is 0 Å². The Kier molecular flexibility index (Phi) is 8.77. The molecule has 1 aliphatic rings. The molecule has 148 valence electrons. The lowest BCUT2D eigenvalue weighted by molar-refractivity contribution is -0.145. The summed E-state index contributed by atoms with van der Waals surface area (Å²) >= 11 is 0. The van der Waals surface area contributed by atoms with E-state index in [4.69, 9.17) is 9.47 Å². The van der Waals surface area contributed by atoms with Gasteiger partial charge in [0.2, 0.25) is 5.91 Å². The molecular formula is C20H28N2O5. The Morgan fingerprint density at radius 2 is 1.63 bits per heavy atom. The van der Waals surface area contributed by atoms with Crippen LogP contribution in [0.25, 0.3) is 0 Å². The molecule has 0 atom stereocenters. The van der Waals surface area contributed by atoms with Crippen LogP contribution in [0.2, 0.25) is 0 Å². The highest BCUT2D eigenvalue weighted by Crippen LogP contribution is 2.16. The maximum absolute atomic E-state index is 12.5. The molecule has 1 aliphatic heterocycles. The Morgan fingerprint density at radius 1 is 0.963 bits per heavy atom. The van der Waals surface area contributed by atoms with Gasteiger partial charge in [-0.15, -0.1) is 0 Å². The largest absolute Gasteiger partial charge is 0.463 e. The number of hydrogen-bond acceptors (Lipinski definition) is 5. The van der Waals surface area contributed by atoms with Gasteiger partial charge in [0.05, 0.1) is 13.0 Å². The summed E-state index contributed by atoms with van der Waals surface area (Å²) in [5, 5.41) is 2.72. The Hall–Kier alpha value is -2.41. The molecule has 1 saturated heterocycles. The summed E-state index contributed by atoms with van der Waals surface area (Å²) in [5.74, 6) is -0.667. The number of likely N-dealkylation sites (tertiary alicyclic amines) is 1. The first kappa shape index (κ1) is 20.9. The summed E-state index contributed by atoms with van der Waals surface area (Å²) in [4.78, 5) is 37.9. The van der Waals surface area contributed by atoms with E-state index in [0.717, 1.165) is 25.9 Å². The first-order chi connectivity index (χ1) is 13.1. The number of rotatable bonds is 8. The lowest BCUT2D eigenvalue weighted by Gasteiger charge is -2.20. The van der Waals surface area contributed by atoms with Crippen LogP contribution >= 0.6 is 0 Å². The van der Waals surface area contributed by atoms with Crippen LogP contribution in [0.15, 0.2) is 24.3 Å². The monoisotopic (exact) mass is 376 g/mol. The molecule has 1 heterocycles. The van der Waals surface area contributed by atoms with Gasteiger partial charge < -0.3 is 19.7 Å². The van der Waals surface area contributed by atoms with E-state index in [1.807, 2.05) is 4.90 Å². The molecule has 0 unspecified atom stereocenters. The number of anilines is 1. The standard InChI is InChI=1S/C20H28N2O5/c1-26-14-15-27-19(24)11-10-18(23)21-17-8-6-16(7-9-17)20(25)22-12-4-2-3-5-13-22/h6-9H,2-5,10-15H2,1H3,(H,21,23). The van der Waals surface area contributed by atoms with E-state index in [2.05, 4.69) is 5.32 Å². The summed E-state index contributed by atoms with van der Waals surface area (Å²) in [5.41, 5.74) is 1.22. The van der Waals surface area contributed by atoms with E-state index < -0.39 is 5.97 Å². The molecule has 27 heavy (non-hydrogen) atoms. The topological polar surface area (TPSA) is 84.9 Å². The summed E-state index contributed by atoms with van der Waals surface area (Å²) in [6, 6.07) is 6.86. The zero-order valence-electron chi connectivity index (χ0n) is 15.9. The molecule has 2 amide bonds. The fourth-order valence-electron chi connectivity index (χ4n) is 2.90. The third-order valence-electron chi connectivity index (χ3n) is 4.42. The molecular weight excluding hydrogens is 348 g/mol. The smallest absolute Gasteiger partial charge is 0.306 e. The number of benzene rings is 1. The minimum Gasteiger partial charge on any atom is -0.463 e. The van der Waals surface area contributed by atoms with Crippen molar-refractivity contribution < 1.29 is 23.9 Å². The highest BCUT2D eigenvalue weighted by Gasteiger charge is 2.17. The number of carbonyl (C=O) groups is 3. The molecule has 1 N–H and O–H groups in total. The minimum absolute atomic E-state index is 0.0150. The zero-order valence-corrected chi connectivity index (χ0v) is 15.9. The maximum Gasteiger partial charge on any atom is 0.306 e. The van der Waals surface area contributed by atoms with Crippen molar-refractivity contribution >= 4 is 23.5 Å². The molecule has 0 bridgehead atoms. The molecule has 1 fully saturated rings. The first-order valence-electron chi connectivity index (χ1n) is 9.44. The van der Waals surface area contributed by atoms with Crippen molar-refractivity contribution in [3.63, 3.8) is 0 Å². The van der Waals surface area contributed by atoms with Gasteiger partial charge in [0, 0.05) is 37.9 Å². The van der Waals surface area contributed by atoms with Crippen molar-refractivity contribution in [3.05, 3.63) is 29.8 Å². The molecule has 0 radical (unpaired) electrons. The second-order valence-corrected chi connectivity index (χ2v) is 6.55. The predicted octanol–water partition coefficient (Wildman–Crippen LogP) is 2.61. The molecule has 1 aromatic rings. The molecule has 7 nitrogen and oxygen atoms in total. The van der Waals surface area contributed by atoms with Crippen molar-refractivity contribution in [2.75, 3.05) is 38.7 Å². The van der Waals surface area contributed by atoms with Crippen LogP contribution < -0.4 is 5.32 Å². The quantitative estimate of drug-likeness (QED) is 0.557. The van der Waals surface area contributed by atoms with Gasteiger partial charge in [0.15, 0.2) is 0 Å². The average molecular weight is 376 g/mol. The molecule has 0 aliphatic carbocycles. The van der Waals surface area contributed by atoms with E-state index in [-0.39, 0.29) is 31.3 Å². The molecule has 0 spiro atoms.